The van der Waals surface area contributed by atoms with Gasteiger partial charge in [-0.1, -0.05) is 13.8 Å². The molecule has 0 amide bonds. The van der Waals surface area contributed by atoms with Crippen molar-refractivity contribution in [3.8, 4) is 0 Å². The summed E-state index contributed by atoms with van der Waals surface area (Å²) in [5.41, 5.74) is 0.273. The van der Waals surface area contributed by atoms with E-state index in [0.29, 0.717) is 0 Å². The summed E-state index contributed by atoms with van der Waals surface area (Å²) < 4.78 is 12.3. The highest BCUT2D eigenvalue weighted by atomic mass is 35.5. The highest BCUT2D eigenvalue weighted by Crippen LogP contribution is 2.03. The van der Waals surface area contributed by atoms with Gasteiger partial charge in [-0.2, -0.15) is 0 Å². The maximum absolute atomic E-state index is 12.3. The van der Waals surface area contributed by atoms with Crippen LogP contribution >= 0.6 is 11.6 Å². The summed E-state index contributed by atoms with van der Waals surface area (Å²) in [5, 5.41) is 0.0777. The molecular formula is C7H10ClFN2. The third-order valence-corrected chi connectivity index (χ3v) is 1.07. The van der Waals surface area contributed by atoms with Crippen molar-refractivity contribution < 1.29 is 4.39 Å². The molecule has 0 unspecified atom stereocenters. The lowest BCUT2D eigenvalue weighted by molar-refractivity contribution is 0.601. The molecule has 0 aliphatic carbocycles. The summed E-state index contributed by atoms with van der Waals surface area (Å²) in [4.78, 5) is 6.97. The molecule has 1 rings (SSSR count). The summed E-state index contributed by atoms with van der Waals surface area (Å²) in [7, 11) is 0. The Morgan fingerprint density at radius 3 is 2.36 bits per heavy atom. The van der Waals surface area contributed by atoms with Crippen LogP contribution in [0.3, 0.4) is 0 Å². The fourth-order valence-electron chi connectivity index (χ4n) is 0.424. The van der Waals surface area contributed by atoms with Crippen molar-refractivity contribution in [1.29, 1.82) is 0 Å². The highest BCUT2D eigenvalue weighted by molar-refractivity contribution is 6.28. The lowest BCUT2D eigenvalue weighted by Crippen LogP contribution is -1.89. The predicted molar refractivity (Wildman–Crippen MR) is 43.1 cm³/mol. The van der Waals surface area contributed by atoms with Gasteiger partial charge in [0.05, 0.1) is 11.9 Å². The second-order valence-corrected chi connectivity index (χ2v) is 1.91. The first-order valence-electron chi connectivity index (χ1n) is 3.35. The molecule has 0 aliphatic rings. The molecule has 0 bridgehead atoms. The Labute approximate surface area is 70.4 Å². The van der Waals surface area contributed by atoms with Gasteiger partial charge in [-0.15, -0.1) is 0 Å². The quantitative estimate of drug-likeness (QED) is 0.568. The van der Waals surface area contributed by atoms with Crippen LogP contribution in [0.2, 0.25) is 5.28 Å². The van der Waals surface area contributed by atoms with Crippen LogP contribution < -0.4 is 0 Å². The van der Waals surface area contributed by atoms with Crippen molar-refractivity contribution in [2.45, 2.75) is 20.8 Å². The Balaban J connectivity index is 0.000000461. The second-order valence-electron chi connectivity index (χ2n) is 1.57. The monoisotopic (exact) mass is 176 g/mol. The van der Waals surface area contributed by atoms with Gasteiger partial charge in [-0.05, 0) is 18.5 Å². The molecule has 0 saturated heterocycles. The van der Waals surface area contributed by atoms with Crippen molar-refractivity contribution in [3.05, 3.63) is 23.0 Å². The van der Waals surface area contributed by atoms with E-state index in [9.17, 15) is 4.39 Å². The van der Waals surface area contributed by atoms with Gasteiger partial charge >= 0.3 is 0 Å². The zero-order valence-electron chi connectivity index (χ0n) is 6.73. The summed E-state index contributed by atoms with van der Waals surface area (Å²) in [6.45, 7) is 5.53. The Bertz CT molecular complexity index is 228. The van der Waals surface area contributed by atoms with Crippen molar-refractivity contribution in [2.75, 3.05) is 0 Å². The largest absolute Gasteiger partial charge is 0.223 e. The van der Waals surface area contributed by atoms with Crippen molar-refractivity contribution in [1.82, 2.24) is 9.97 Å². The topological polar surface area (TPSA) is 25.8 Å². The third kappa shape index (κ3) is 3.28. The zero-order valence-corrected chi connectivity index (χ0v) is 7.48. The van der Waals surface area contributed by atoms with Gasteiger partial charge in [0, 0.05) is 0 Å². The average Bonchev–Trinajstić information content (AvgIpc) is 2.02. The third-order valence-electron chi connectivity index (χ3n) is 0.890. The van der Waals surface area contributed by atoms with E-state index < -0.39 is 5.82 Å². The number of aromatic nitrogens is 2. The Kier molecular flexibility index (Phi) is 4.70. The highest BCUT2D eigenvalue weighted by Gasteiger charge is 1.97. The first-order chi connectivity index (χ1) is 5.20. The van der Waals surface area contributed by atoms with Crippen LogP contribution in [0.25, 0.3) is 0 Å². The van der Waals surface area contributed by atoms with Crippen LogP contribution in [-0.4, -0.2) is 9.97 Å². The number of halogens is 2. The number of nitrogens with zero attached hydrogens (tertiary/aromatic N) is 2. The molecule has 0 aliphatic heterocycles. The van der Waals surface area contributed by atoms with E-state index in [0.717, 1.165) is 6.20 Å². The predicted octanol–water partition coefficient (Wildman–Crippen LogP) is 2.60. The smallest absolute Gasteiger partial charge is 0.222 e. The van der Waals surface area contributed by atoms with Gasteiger partial charge < -0.3 is 0 Å². The van der Waals surface area contributed by atoms with Gasteiger partial charge in [0.15, 0.2) is 5.82 Å². The van der Waals surface area contributed by atoms with E-state index in [1.54, 1.807) is 0 Å². The first kappa shape index (κ1) is 10.3. The Hall–Kier alpha value is -0.700. The maximum atomic E-state index is 12.3. The molecule has 62 valence electrons. The van der Waals surface area contributed by atoms with Gasteiger partial charge in [-0.3, -0.25) is 0 Å². The minimum Gasteiger partial charge on any atom is -0.223 e. The lowest BCUT2D eigenvalue weighted by Gasteiger charge is -1.91. The molecule has 0 spiro atoms. The molecule has 1 aromatic rings. The van der Waals surface area contributed by atoms with Crippen molar-refractivity contribution in [3.63, 3.8) is 0 Å². The Morgan fingerprint density at radius 2 is 2.00 bits per heavy atom. The molecule has 0 aromatic carbocycles. The SMILES string of the molecule is CC.Cc1nc(Cl)ncc1F. The minimum atomic E-state index is -0.431. The van der Waals surface area contributed by atoms with E-state index in [2.05, 4.69) is 9.97 Å². The van der Waals surface area contributed by atoms with E-state index in [1.807, 2.05) is 13.8 Å². The summed E-state index contributed by atoms with van der Waals surface area (Å²) in [6.07, 6.45) is 1.05. The molecule has 0 fully saturated rings. The standard InChI is InChI=1S/C5H4ClFN2.C2H6/c1-3-4(7)2-8-5(6)9-3;1-2/h2H,1H3;1-2H3. The minimum absolute atomic E-state index is 0.0777. The number of rotatable bonds is 0. The maximum Gasteiger partial charge on any atom is 0.222 e. The van der Waals surface area contributed by atoms with E-state index >= 15 is 0 Å². The molecular weight excluding hydrogens is 167 g/mol. The molecule has 1 heterocycles. The van der Waals surface area contributed by atoms with Gasteiger partial charge in [0.1, 0.15) is 0 Å². The Morgan fingerprint density at radius 1 is 1.45 bits per heavy atom. The van der Waals surface area contributed by atoms with Crippen LogP contribution in [0.15, 0.2) is 6.20 Å². The number of hydrogen-bond donors (Lipinski definition) is 0. The second kappa shape index (κ2) is 5.02. The molecule has 0 atom stereocenters. The van der Waals surface area contributed by atoms with E-state index in [-0.39, 0.29) is 11.0 Å². The molecule has 0 radical (unpaired) electrons. The van der Waals surface area contributed by atoms with Crippen molar-refractivity contribution >= 4 is 11.6 Å². The van der Waals surface area contributed by atoms with E-state index in [4.69, 9.17) is 11.6 Å². The molecule has 11 heavy (non-hydrogen) atoms. The summed E-state index contributed by atoms with van der Waals surface area (Å²) in [5.74, 6) is -0.431. The molecule has 4 heteroatoms. The van der Waals surface area contributed by atoms with Gasteiger partial charge in [0.25, 0.3) is 0 Å². The van der Waals surface area contributed by atoms with Crippen LogP contribution in [-0.2, 0) is 0 Å². The molecule has 0 N–H and O–H groups in total. The van der Waals surface area contributed by atoms with Crippen molar-refractivity contribution in [2.24, 2.45) is 0 Å². The summed E-state index contributed by atoms with van der Waals surface area (Å²) >= 11 is 5.33. The lowest BCUT2D eigenvalue weighted by atomic mass is 10.4. The number of aryl methyl sites for hydroxylation is 1. The van der Waals surface area contributed by atoms with Gasteiger partial charge in [0.2, 0.25) is 5.28 Å². The van der Waals surface area contributed by atoms with Crippen LogP contribution in [0.4, 0.5) is 4.39 Å². The molecule has 2 nitrogen and oxygen atoms in total. The molecule has 1 aromatic heterocycles. The fourth-order valence-corrected chi connectivity index (χ4v) is 0.600. The normalized spacial score (nSPS) is 8.45. The number of hydrogen-bond acceptors (Lipinski definition) is 2. The average molecular weight is 177 g/mol. The summed E-state index contributed by atoms with van der Waals surface area (Å²) in [6, 6.07) is 0. The zero-order chi connectivity index (χ0) is 8.85. The molecule has 0 saturated carbocycles. The van der Waals surface area contributed by atoms with Crippen LogP contribution in [0.5, 0.6) is 0 Å². The van der Waals surface area contributed by atoms with Crippen LogP contribution in [0.1, 0.15) is 19.5 Å². The fraction of sp³-hybridized carbons (Fsp3) is 0.429. The van der Waals surface area contributed by atoms with E-state index in [1.165, 1.54) is 6.92 Å². The van der Waals surface area contributed by atoms with Gasteiger partial charge in [-0.25, -0.2) is 14.4 Å². The first-order valence-corrected chi connectivity index (χ1v) is 3.72. The van der Waals surface area contributed by atoms with Crippen LogP contribution in [0, 0.1) is 12.7 Å².